The van der Waals surface area contributed by atoms with Gasteiger partial charge in [-0.15, -0.1) is 11.3 Å². The number of rotatable bonds is 1. The fraction of sp³-hybridized carbons (Fsp3) is 0.667. The first-order valence-electron chi connectivity index (χ1n) is 4.67. The lowest BCUT2D eigenvalue weighted by atomic mass is 9.85. The highest BCUT2D eigenvalue weighted by molar-refractivity contribution is 7.15. The second-order valence-electron chi connectivity index (χ2n) is 3.92. The van der Waals surface area contributed by atoms with Gasteiger partial charge in [0.2, 0.25) is 0 Å². The van der Waals surface area contributed by atoms with Crippen molar-refractivity contribution in [3.8, 4) is 0 Å². The Kier molecular flexibility index (Phi) is 2.26. The lowest BCUT2D eigenvalue weighted by Gasteiger charge is -2.22. The minimum Gasteiger partial charge on any atom is -0.300 e. The topological polar surface area (TPSA) is 50.9 Å². The van der Waals surface area contributed by atoms with Gasteiger partial charge < -0.3 is 0 Å². The number of fused-ring (bicyclic) bond motifs is 1. The van der Waals surface area contributed by atoms with E-state index in [1.165, 1.54) is 23.4 Å². The molecule has 1 heterocycles. The monoisotopic (exact) mass is 197 g/mol. The molecule has 4 heteroatoms. The Morgan fingerprint density at radius 2 is 2.31 bits per heavy atom. The predicted octanol–water partition coefficient (Wildman–Crippen LogP) is 2.11. The summed E-state index contributed by atoms with van der Waals surface area (Å²) in [6.45, 7) is 4.54. The highest BCUT2D eigenvalue weighted by Crippen LogP contribution is 2.38. The minimum atomic E-state index is 0.595. The number of nitrogen functional groups attached to an aromatic ring is 1. The van der Waals surface area contributed by atoms with E-state index in [-0.39, 0.29) is 0 Å². The average molecular weight is 197 g/mol. The molecule has 72 valence electrons. The normalized spacial score (nSPS) is 27.0. The maximum atomic E-state index is 5.34. The highest BCUT2D eigenvalue weighted by atomic mass is 32.1. The van der Waals surface area contributed by atoms with E-state index in [9.17, 15) is 0 Å². The number of thiazole rings is 1. The van der Waals surface area contributed by atoms with Crippen LogP contribution in [0.15, 0.2) is 0 Å². The van der Waals surface area contributed by atoms with Crippen LogP contribution >= 0.6 is 11.3 Å². The third-order valence-corrected chi connectivity index (χ3v) is 3.63. The van der Waals surface area contributed by atoms with E-state index in [0.29, 0.717) is 5.92 Å². The quantitative estimate of drug-likeness (QED) is 0.535. The Morgan fingerprint density at radius 3 is 3.00 bits per heavy atom. The molecular weight excluding hydrogens is 182 g/mol. The van der Waals surface area contributed by atoms with Gasteiger partial charge in [-0.2, -0.15) is 0 Å². The van der Waals surface area contributed by atoms with Crippen molar-refractivity contribution in [3.63, 3.8) is 0 Å². The van der Waals surface area contributed by atoms with E-state index in [1.54, 1.807) is 11.3 Å². The third-order valence-electron chi connectivity index (χ3n) is 2.61. The van der Waals surface area contributed by atoms with Crippen molar-refractivity contribution < 1.29 is 0 Å². The Labute approximate surface area is 82.3 Å². The van der Waals surface area contributed by atoms with E-state index in [2.05, 4.69) is 24.3 Å². The average Bonchev–Trinajstić information content (AvgIpc) is 2.47. The van der Waals surface area contributed by atoms with Crippen LogP contribution in [0.2, 0.25) is 0 Å². The fourth-order valence-electron chi connectivity index (χ4n) is 2.07. The van der Waals surface area contributed by atoms with Crippen LogP contribution in [0.4, 0.5) is 5.13 Å². The molecule has 1 aromatic heterocycles. The number of nitrogens with two attached hydrogens (primary N) is 1. The molecule has 0 radical (unpaired) electrons. The number of anilines is 1. The van der Waals surface area contributed by atoms with Gasteiger partial charge in [-0.25, -0.2) is 10.8 Å². The van der Waals surface area contributed by atoms with Crippen LogP contribution in [0.1, 0.15) is 36.8 Å². The van der Waals surface area contributed by atoms with Gasteiger partial charge >= 0.3 is 0 Å². The van der Waals surface area contributed by atoms with Gasteiger partial charge in [-0.05, 0) is 24.7 Å². The van der Waals surface area contributed by atoms with E-state index in [1.807, 2.05) is 0 Å². The number of nitrogens with one attached hydrogen (secondary N) is 1. The first-order valence-corrected chi connectivity index (χ1v) is 5.48. The van der Waals surface area contributed by atoms with Crippen molar-refractivity contribution in [2.45, 2.75) is 32.6 Å². The van der Waals surface area contributed by atoms with Gasteiger partial charge in [0.1, 0.15) is 0 Å². The molecule has 3 N–H and O–H groups in total. The Bertz CT molecular complexity index is 308. The molecule has 1 aliphatic carbocycles. The lowest BCUT2D eigenvalue weighted by Crippen LogP contribution is -2.13. The lowest BCUT2D eigenvalue weighted by molar-refractivity contribution is 0.448. The Morgan fingerprint density at radius 1 is 1.54 bits per heavy atom. The molecule has 0 spiro atoms. The summed E-state index contributed by atoms with van der Waals surface area (Å²) in [7, 11) is 0. The second kappa shape index (κ2) is 3.27. The zero-order valence-electron chi connectivity index (χ0n) is 8.00. The second-order valence-corrected chi connectivity index (χ2v) is 5.00. The van der Waals surface area contributed by atoms with Crippen LogP contribution in [0.5, 0.6) is 0 Å². The first-order chi connectivity index (χ1) is 6.20. The van der Waals surface area contributed by atoms with Crippen LogP contribution in [0, 0.1) is 5.92 Å². The molecule has 3 nitrogen and oxygen atoms in total. The summed E-state index contributed by atoms with van der Waals surface area (Å²) in [4.78, 5) is 5.88. The summed E-state index contributed by atoms with van der Waals surface area (Å²) in [5.74, 6) is 6.72. The summed E-state index contributed by atoms with van der Waals surface area (Å²) in [5.41, 5.74) is 3.89. The maximum absolute atomic E-state index is 5.34. The zero-order chi connectivity index (χ0) is 9.42. The van der Waals surface area contributed by atoms with Crippen molar-refractivity contribution in [3.05, 3.63) is 10.6 Å². The van der Waals surface area contributed by atoms with Crippen LogP contribution in [-0.4, -0.2) is 4.98 Å². The van der Waals surface area contributed by atoms with Crippen molar-refractivity contribution in [2.24, 2.45) is 11.8 Å². The molecule has 2 rings (SSSR count). The molecule has 0 aliphatic heterocycles. The predicted molar refractivity (Wildman–Crippen MR) is 55.8 cm³/mol. The van der Waals surface area contributed by atoms with Gasteiger partial charge in [0.25, 0.3) is 0 Å². The number of aromatic nitrogens is 1. The largest absolute Gasteiger partial charge is 0.300 e. The van der Waals surface area contributed by atoms with E-state index >= 15 is 0 Å². The molecule has 0 bridgehead atoms. The van der Waals surface area contributed by atoms with Crippen LogP contribution < -0.4 is 11.3 Å². The van der Waals surface area contributed by atoms with Gasteiger partial charge in [-0.1, -0.05) is 13.8 Å². The van der Waals surface area contributed by atoms with Gasteiger partial charge in [-0.3, -0.25) is 5.43 Å². The number of hydrazine groups is 1. The van der Waals surface area contributed by atoms with Crippen LogP contribution in [-0.2, 0) is 6.42 Å². The summed E-state index contributed by atoms with van der Waals surface area (Å²) in [6.07, 6.45) is 2.42. The molecule has 2 atom stereocenters. The molecule has 0 fully saturated rings. The van der Waals surface area contributed by atoms with E-state index < -0.39 is 0 Å². The smallest absolute Gasteiger partial charge is 0.197 e. The number of hydrogen-bond acceptors (Lipinski definition) is 4. The molecule has 13 heavy (non-hydrogen) atoms. The Hall–Kier alpha value is -0.610. The van der Waals surface area contributed by atoms with E-state index in [4.69, 9.17) is 5.84 Å². The summed E-state index contributed by atoms with van der Waals surface area (Å²) in [5, 5.41) is 0.853. The molecule has 0 aromatic carbocycles. The highest BCUT2D eigenvalue weighted by Gasteiger charge is 2.25. The van der Waals surface area contributed by atoms with E-state index in [0.717, 1.165) is 11.0 Å². The first kappa shape index (κ1) is 8.97. The zero-order valence-corrected chi connectivity index (χ0v) is 8.82. The van der Waals surface area contributed by atoms with Gasteiger partial charge in [0, 0.05) is 4.88 Å². The summed E-state index contributed by atoms with van der Waals surface area (Å²) in [6, 6.07) is 0. The molecule has 1 aromatic rings. The SMILES string of the molecule is CC1Cc2sc(NN)nc2C(C)C1. The number of hydrogen-bond donors (Lipinski definition) is 2. The van der Waals surface area contributed by atoms with Gasteiger partial charge in [0.15, 0.2) is 5.13 Å². The molecular formula is C9H15N3S. The summed E-state index contributed by atoms with van der Waals surface area (Å²) >= 11 is 1.70. The van der Waals surface area contributed by atoms with Crippen molar-refractivity contribution >= 4 is 16.5 Å². The molecule has 0 amide bonds. The molecule has 2 unspecified atom stereocenters. The molecule has 1 aliphatic rings. The van der Waals surface area contributed by atoms with Crippen LogP contribution in [0.25, 0.3) is 0 Å². The van der Waals surface area contributed by atoms with Crippen molar-refractivity contribution in [2.75, 3.05) is 5.43 Å². The maximum Gasteiger partial charge on any atom is 0.197 e. The van der Waals surface area contributed by atoms with Crippen molar-refractivity contribution in [1.82, 2.24) is 4.98 Å². The number of nitrogens with zero attached hydrogens (tertiary/aromatic N) is 1. The molecule has 0 saturated heterocycles. The summed E-state index contributed by atoms with van der Waals surface area (Å²) < 4.78 is 0. The molecule has 0 saturated carbocycles. The standard InChI is InChI=1S/C9H15N3S/c1-5-3-6(2)8-7(4-5)13-9(11-8)12-10/h5-6H,3-4,10H2,1-2H3,(H,11,12). The minimum absolute atomic E-state index is 0.595. The third kappa shape index (κ3) is 1.56. The van der Waals surface area contributed by atoms with Crippen molar-refractivity contribution in [1.29, 1.82) is 0 Å². The Balaban J connectivity index is 2.35. The van der Waals surface area contributed by atoms with Crippen LogP contribution in [0.3, 0.4) is 0 Å². The fourth-order valence-corrected chi connectivity index (χ4v) is 3.23. The van der Waals surface area contributed by atoms with Gasteiger partial charge in [0.05, 0.1) is 5.69 Å².